The van der Waals surface area contributed by atoms with E-state index in [1.807, 2.05) is 0 Å². The van der Waals surface area contributed by atoms with Gasteiger partial charge in [0.05, 0.1) is 17.0 Å². The SMILES string of the molecule is N#Cc1ccc(NC(=S)NC(=O)C23CC4CC(CC(C4)C2)C3)cc1. The molecule has 4 fully saturated rings. The van der Waals surface area contributed by atoms with Gasteiger partial charge in [-0.1, -0.05) is 0 Å². The maximum atomic E-state index is 12.9. The summed E-state index contributed by atoms with van der Waals surface area (Å²) in [6, 6.07) is 9.13. The summed E-state index contributed by atoms with van der Waals surface area (Å²) in [7, 11) is 0. The van der Waals surface area contributed by atoms with Crippen molar-refractivity contribution < 1.29 is 4.79 Å². The summed E-state index contributed by atoms with van der Waals surface area (Å²) in [5.74, 6) is 2.32. The van der Waals surface area contributed by atoms with Crippen molar-refractivity contribution in [2.45, 2.75) is 38.5 Å². The Balaban J connectivity index is 1.40. The molecule has 2 N–H and O–H groups in total. The fourth-order valence-electron chi connectivity index (χ4n) is 5.41. The van der Waals surface area contributed by atoms with E-state index in [1.54, 1.807) is 24.3 Å². The molecule has 4 aliphatic carbocycles. The van der Waals surface area contributed by atoms with Crippen LogP contribution in [0.3, 0.4) is 0 Å². The van der Waals surface area contributed by atoms with Gasteiger partial charge in [0, 0.05) is 5.69 Å². The highest BCUT2D eigenvalue weighted by molar-refractivity contribution is 7.80. The second-order valence-corrected chi connectivity index (χ2v) is 8.20. The highest BCUT2D eigenvalue weighted by atomic mass is 32.1. The zero-order valence-corrected chi connectivity index (χ0v) is 14.4. The molecule has 0 aliphatic heterocycles. The number of benzene rings is 1. The minimum absolute atomic E-state index is 0.104. The predicted molar refractivity (Wildman–Crippen MR) is 96.1 cm³/mol. The molecule has 4 saturated carbocycles. The quantitative estimate of drug-likeness (QED) is 0.808. The van der Waals surface area contributed by atoms with Gasteiger partial charge in [0.25, 0.3) is 0 Å². The lowest BCUT2D eigenvalue weighted by molar-refractivity contribution is -0.144. The van der Waals surface area contributed by atoms with Crippen LogP contribution in [0.4, 0.5) is 5.69 Å². The van der Waals surface area contributed by atoms with Gasteiger partial charge in [-0.2, -0.15) is 5.26 Å². The van der Waals surface area contributed by atoms with E-state index in [9.17, 15) is 4.79 Å². The van der Waals surface area contributed by atoms with Gasteiger partial charge in [-0.05, 0) is 92.8 Å². The van der Waals surface area contributed by atoms with Crippen molar-refractivity contribution in [1.82, 2.24) is 5.32 Å². The Bertz CT molecular complexity index is 684. The van der Waals surface area contributed by atoms with Crippen LogP contribution < -0.4 is 10.6 Å². The van der Waals surface area contributed by atoms with E-state index >= 15 is 0 Å². The van der Waals surface area contributed by atoms with E-state index in [-0.39, 0.29) is 11.3 Å². The van der Waals surface area contributed by atoms with Crippen LogP contribution in [0.15, 0.2) is 24.3 Å². The third-order valence-corrected chi connectivity index (χ3v) is 6.22. The number of nitrogens with one attached hydrogen (secondary N) is 2. The molecule has 0 atom stereocenters. The Labute approximate surface area is 147 Å². The average molecular weight is 339 g/mol. The molecular weight excluding hydrogens is 318 g/mol. The fourth-order valence-corrected chi connectivity index (χ4v) is 5.63. The van der Waals surface area contributed by atoms with Gasteiger partial charge in [-0.3, -0.25) is 4.79 Å². The summed E-state index contributed by atoms with van der Waals surface area (Å²) in [4.78, 5) is 12.9. The molecule has 5 heteroatoms. The van der Waals surface area contributed by atoms with Crippen molar-refractivity contribution in [3.05, 3.63) is 29.8 Å². The summed E-state index contributed by atoms with van der Waals surface area (Å²) in [5.41, 5.74) is 1.19. The van der Waals surface area contributed by atoms with Crippen LogP contribution in [0.2, 0.25) is 0 Å². The van der Waals surface area contributed by atoms with Crippen LogP contribution in [0.25, 0.3) is 0 Å². The molecule has 1 aromatic rings. The standard InChI is InChI=1S/C19H21N3OS/c20-11-12-1-3-16(4-2-12)21-18(24)22-17(23)19-8-13-5-14(9-19)7-15(6-13)10-19/h1-4,13-15H,5-10H2,(H2,21,22,23,24). The van der Waals surface area contributed by atoms with Gasteiger partial charge in [0.2, 0.25) is 5.91 Å². The van der Waals surface area contributed by atoms with Gasteiger partial charge in [-0.15, -0.1) is 0 Å². The molecule has 24 heavy (non-hydrogen) atoms. The number of carbonyl (C=O) groups is 1. The van der Waals surface area contributed by atoms with Gasteiger partial charge in [0.15, 0.2) is 5.11 Å². The Hall–Kier alpha value is -1.93. The van der Waals surface area contributed by atoms with Crippen molar-refractivity contribution in [3.63, 3.8) is 0 Å². The first kappa shape index (κ1) is 15.6. The molecule has 1 aromatic carbocycles. The van der Waals surface area contributed by atoms with Crippen LogP contribution in [0.5, 0.6) is 0 Å². The first-order valence-corrected chi connectivity index (χ1v) is 9.10. The third kappa shape index (κ3) is 2.80. The molecule has 4 aliphatic rings. The first-order chi connectivity index (χ1) is 11.6. The van der Waals surface area contributed by atoms with Crippen molar-refractivity contribution in [1.29, 1.82) is 5.26 Å². The summed E-state index contributed by atoms with van der Waals surface area (Å²) in [6.45, 7) is 0. The Morgan fingerprint density at radius 3 is 2.12 bits per heavy atom. The smallest absolute Gasteiger partial charge is 0.232 e. The number of nitrogens with zero attached hydrogens (tertiary/aromatic N) is 1. The van der Waals surface area contributed by atoms with Gasteiger partial charge < -0.3 is 10.6 Å². The number of carbonyl (C=O) groups excluding carboxylic acids is 1. The molecule has 0 spiro atoms. The molecule has 1 amide bonds. The largest absolute Gasteiger partial charge is 0.332 e. The zero-order chi connectivity index (χ0) is 16.7. The molecule has 0 radical (unpaired) electrons. The second kappa shape index (κ2) is 5.86. The molecule has 0 unspecified atom stereocenters. The van der Waals surface area contributed by atoms with E-state index in [2.05, 4.69) is 16.7 Å². The second-order valence-electron chi connectivity index (χ2n) is 7.80. The highest BCUT2D eigenvalue weighted by Gasteiger charge is 2.54. The van der Waals surface area contributed by atoms with Crippen LogP contribution in [-0.2, 0) is 4.79 Å². The number of thiocarbonyl (C=S) groups is 1. The van der Waals surface area contributed by atoms with E-state index in [1.165, 1.54) is 19.3 Å². The van der Waals surface area contributed by atoms with Crippen molar-refractivity contribution in [2.75, 3.05) is 5.32 Å². The van der Waals surface area contributed by atoms with Crippen LogP contribution >= 0.6 is 12.2 Å². The molecular formula is C19H21N3OS. The van der Waals surface area contributed by atoms with Gasteiger partial charge >= 0.3 is 0 Å². The fraction of sp³-hybridized carbons (Fsp3) is 0.526. The molecule has 124 valence electrons. The van der Waals surface area contributed by atoms with Crippen molar-refractivity contribution in [3.8, 4) is 6.07 Å². The summed E-state index contributed by atoms with van der Waals surface area (Å²) in [6.07, 6.45) is 7.06. The molecule has 0 heterocycles. The van der Waals surface area contributed by atoms with Crippen molar-refractivity contribution >= 4 is 28.9 Å². The molecule has 5 rings (SSSR count). The summed E-state index contributed by atoms with van der Waals surface area (Å²) >= 11 is 5.32. The monoisotopic (exact) mass is 339 g/mol. The zero-order valence-electron chi connectivity index (χ0n) is 13.5. The topological polar surface area (TPSA) is 64.9 Å². The maximum Gasteiger partial charge on any atom is 0.232 e. The predicted octanol–water partition coefficient (Wildman–Crippen LogP) is 3.59. The Morgan fingerprint density at radius 2 is 1.62 bits per heavy atom. The molecule has 4 bridgehead atoms. The minimum Gasteiger partial charge on any atom is -0.332 e. The van der Waals surface area contributed by atoms with Gasteiger partial charge in [0.1, 0.15) is 0 Å². The van der Waals surface area contributed by atoms with E-state index < -0.39 is 0 Å². The molecule has 4 nitrogen and oxygen atoms in total. The number of amides is 1. The Kier molecular flexibility index (Phi) is 3.80. The highest BCUT2D eigenvalue weighted by Crippen LogP contribution is 2.60. The van der Waals surface area contributed by atoms with Gasteiger partial charge in [-0.25, -0.2) is 0 Å². The number of hydrogen-bond donors (Lipinski definition) is 2. The summed E-state index contributed by atoms with van der Waals surface area (Å²) in [5, 5.41) is 15.2. The lowest BCUT2D eigenvalue weighted by atomic mass is 9.49. The molecule has 0 aromatic heterocycles. The van der Waals surface area contributed by atoms with Crippen molar-refractivity contribution in [2.24, 2.45) is 23.2 Å². The Morgan fingerprint density at radius 1 is 1.08 bits per heavy atom. The lowest BCUT2D eigenvalue weighted by Crippen LogP contribution is -2.55. The number of nitriles is 1. The number of anilines is 1. The van der Waals surface area contributed by atoms with Crippen LogP contribution in [0.1, 0.15) is 44.1 Å². The van der Waals surface area contributed by atoms with E-state index in [0.717, 1.165) is 42.7 Å². The average Bonchev–Trinajstić information content (AvgIpc) is 2.54. The number of hydrogen-bond acceptors (Lipinski definition) is 3. The van der Waals surface area contributed by atoms with E-state index in [4.69, 9.17) is 17.5 Å². The van der Waals surface area contributed by atoms with Crippen LogP contribution in [0, 0.1) is 34.5 Å². The van der Waals surface area contributed by atoms with E-state index in [0.29, 0.717) is 10.7 Å². The normalized spacial score (nSPS) is 32.9. The summed E-state index contributed by atoms with van der Waals surface area (Å²) < 4.78 is 0. The minimum atomic E-state index is -0.189. The molecule has 0 saturated heterocycles. The number of rotatable bonds is 2. The van der Waals surface area contributed by atoms with Crippen LogP contribution in [-0.4, -0.2) is 11.0 Å². The third-order valence-electron chi connectivity index (χ3n) is 6.02. The maximum absolute atomic E-state index is 12.9. The lowest BCUT2D eigenvalue weighted by Gasteiger charge is -2.55. The first-order valence-electron chi connectivity index (χ1n) is 8.69.